The van der Waals surface area contributed by atoms with E-state index < -0.39 is 0 Å². The van der Waals surface area contributed by atoms with E-state index >= 15 is 0 Å². The molecule has 3 rings (SSSR count). The summed E-state index contributed by atoms with van der Waals surface area (Å²) in [4.78, 5) is 27.9. The lowest BCUT2D eigenvalue weighted by Crippen LogP contribution is -2.39. The van der Waals surface area contributed by atoms with E-state index in [1.807, 2.05) is 0 Å². The number of nitrogens with zero attached hydrogens (tertiary/aromatic N) is 1. The second-order valence-corrected chi connectivity index (χ2v) is 5.89. The molecule has 0 atom stereocenters. The van der Waals surface area contributed by atoms with Crippen LogP contribution in [-0.2, 0) is 13.0 Å². The van der Waals surface area contributed by atoms with Gasteiger partial charge in [0.05, 0.1) is 10.0 Å². The molecular formula is C15H13Cl2N3O2. The normalized spacial score (nSPS) is 13.6. The Labute approximate surface area is 136 Å². The molecular weight excluding hydrogens is 325 g/mol. The Bertz CT molecular complexity index is 789. The number of carbonyl (C=O) groups is 1. The Morgan fingerprint density at radius 3 is 2.77 bits per heavy atom. The third-order valence-corrected chi connectivity index (χ3v) is 4.32. The Morgan fingerprint density at radius 2 is 2.00 bits per heavy atom. The van der Waals surface area contributed by atoms with Crippen molar-refractivity contribution in [1.82, 2.24) is 9.88 Å². The summed E-state index contributed by atoms with van der Waals surface area (Å²) in [5.74, 6) is 0. The lowest BCUT2D eigenvalue weighted by Gasteiger charge is -2.28. The van der Waals surface area contributed by atoms with Gasteiger partial charge in [0.2, 0.25) is 5.56 Å². The average Bonchev–Trinajstić information content (AvgIpc) is 2.50. The minimum Gasteiger partial charge on any atom is -0.329 e. The summed E-state index contributed by atoms with van der Waals surface area (Å²) >= 11 is 11.8. The van der Waals surface area contributed by atoms with Crippen molar-refractivity contribution in [2.24, 2.45) is 0 Å². The largest absolute Gasteiger partial charge is 0.329 e. The molecule has 1 aromatic heterocycles. The van der Waals surface area contributed by atoms with E-state index in [4.69, 9.17) is 23.2 Å². The van der Waals surface area contributed by atoms with Crippen molar-refractivity contribution in [3.8, 4) is 0 Å². The number of hydrogen-bond acceptors (Lipinski definition) is 2. The first kappa shape index (κ1) is 14.9. The number of rotatable bonds is 1. The third kappa shape index (κ3) is 3.10. The van der Waals surface area contributed by atoms with E-state index in [9.17, 15) is 9.59 Å². The van der Waals surface area contributed by atoms with Crippen molar-refractivity contribution in [1.29, 1.82) is 0 Å². The number of hydrogen-bond donors (Lipinski definition) is 2. The number of pyridine rings is 1. The molecule has 2 heterocycles. The van der Waals surface area contributed by atoms with Crippen molar-refractivity contribution in [2.45, 2.75) is 13.0 Å². The van der Waals surface area contributed by atoms with Gasteiger partial charge in [0.1, 0.15) is 0 Å². The van der Waals surface area contributed by atoms with Gasteiger partial charge in [0.15, 0.2) is 0 Å². The van der Waals surface area contributed by atoms with Crippen LogP contribution in [0.15, 0.2) is 35.3 Å². The molecule has 0 unspecified atom stereocenters. The summed E-state index contributed by atoms with van der Waals surface area (Å²) in [6.45, 7) is 1.02. The zero-order chi connectivity index (χ0) is 15.7. The van der Waals surface area contributed by atoms with Crippen LogP contribution in [0.25, 0.3) is 0 Å². The number of nitrogens with one attached hydrogen (secondary N) is 2. The van der Waals surface area contributed by atoms with Gasteiger partial charge in [-0.2, -0.15) is 0 Å². The topological polar surface area (TPSA) is 65.2 Å². The van der Waals surface area contributed by atoms with Crippen LogP contribution in [0.1, 0.15) is 11.1 Å². The standard InChI is InChI=1S/C15H13Cl2N3O2/c16-12-2-1-11(6-13(12)17)19-15(22)20-4-3-9-5-14(21)18-7-10(9)8-20/h1-2,5-7H,3-4,8H2,(H,18,21)(H,19,22). The number of urea groups is 1. The molecule has 2 N–H and O–H groups in total. The highest BCUT2D eigenvalue weighted by Crippen LogP contribution is 2.25. The fourth-order valence-electron chi connectivity index (χ4n) is 2.41. The van der Waals surface area contributed by atoms with Crippen LogP contribution in [0.2, 0.25) is 10.0 Å². The highest BCUT2D eigenvalue weighted by atomic mass is 35.5. The monoisotopic (exact) mass is 337 g/mol. The first-order valence-electron chi connectivity index (χ1n) is 6.74. The Hall–Kier alpha value is -1.98. The molecule has 1 aromatic carbocycles. The number of fused-ring (bicyclic) bond motifs is 1. The molecule has 1 aliphatic heterocycles. The maximum absolute atomic E-state index is 12.3. The van der Waals surface area contributed by atoms with Crippen LogP contribution < -0.4 is 10.9 Å². The average molecular weight is 338 g/mol. The number of benzene rings is 1. The van der Waals surface area contributed by atoms with Crippen molar-refractivity contribution in [3.05, 3.63) is 62.0 Å². The molecule has 1 aliphatic rings. The lowest BCUT2D eigenvalue weighted by molar-refractivity contribution is 0.206. The van der Waals surface area contributed by atoms with Crippen molar-refractivity contribution in [3.63, 3.8) is 0 Å². The Balaban J connectivity index is 1.72. The molecule has 0 saturated heterocycles. The van der Waals surface area contributed by atoms with Crippen molar-refractivity contribution < 1.29 is 4.79 Å². The number of aromatic nitrogens is 1. The molecule has 5 nitrogen and oxygen atoms in total. The Kier molecular flexibility index (Phi) is 4.09. The molecule has 2 aromatic rings. The van der Waals surface area contributed by atoms with E-state index in [1.54, 1.807) is 35.4 Å². The smallest absolute Gasteiger partial charge is 0.322 e. The third-order valence-electron chi connectivity index (χ3n) is 3.58. The van der Waals surface area contributed by atoms with E-state index in [0.717, 1.165) is 11.1 Å². The van der Waals surface area contributed by atoms with Gasteiger partial charge in [-0.05, 0) is 35.7 Å². The predicted molar refractivity (Wildman–Crippen MR) is 86.7 cm³/mol. The van der Waals surface area contributed by atoms with Gasteiger partial charge in [0, 0.05) is 31.0 Å². The SMILES string of the molecule is O=C(Nc1ccc(Cl)c(Cl)c1)N1CCc2cc(=O)[nH]cc2C1. The fraction of sp³-hybridized carbons (Fsp3) is 0.200. The van der Waals surface area contributed by atoms with Crippen LogP contribution in [0, 0.1) is 0 Å². The van der Waals surface area contributed by atoms with Gasteiger partial charge in [-0.3, -0.25) is 4.79 Å². The zero-order valence-electron chi connectivity index (χ0n) is 11.5. The highest BCUT2D eigenvalue weighted by Gasteiger charge is 2.21. The molecule has 0 spiro atoms. The molecule has 0 bridgehead atoms. The maximum Gasteiger partial charge on any atom is 0.322 e. The minimum atomic E-state index is -0.213. The van der Waals surface area contributed by atoms with Gasteiger partial charge in [-0.1, -0.05) is 23.2 Å². The van der Waals surface area contributed by atoms with Crippen LogP contribution in [0.3, 0.4) is 0 Å². The van der Waals surface area contributed by atoms with E-state index in [0.29, 0.717) is 35.2 Å². The fourth-order valence-corrected chi connectivity index (χ4v) is 2.71. The number of anilines is 1. The van der Waals surface area contributed by atoms with Gasteiger partial charge >= 0.3 is 6.03 Å². The summed E-state index contributed by atoms with van der Waals surface area (Å²) in [6.07, 6.45) is 2.32. The number of halogens is 2. The quantitative estimate of drug-likeness (QED) is 0.838. The zero-order valence-corrected chi connectivity index (χ0v) is 13.0. The summed E-state index contributed by atoms with van der Waals surface area (Å²) in [6, 6.07) is 6.31. The maximum atomic E-state index is 12.3. The molecule has 2 amide bonds. The molecule has 0 fully saturated rings. The minimum absolute atomic E-state index is 0.118. The van der Waals surface area contributed by atoms with Crippen LogP contribution in [0.5, 0.6) is 0 Å². The molecule has 7 heteroatoms. The lowest BCUT2D eigenvalue weighted by atomic mass is 10.0. The number of aromatic amines is 1. The molecule has 0 saturated carbocycles. The molecule has 22 heavy (non-hydrogen) atoms. The number of carbonyl (C=O) groups excluding carboxylic acids is 1. The number of amides is 2. The first-order chi connectivity index (χ1) is 10.5. The highest BCUT2D eigenvalue weighted by molar-refractivity contribution is 6.42. The van der Waals surface area contributed by atoms with Gasteiger partial charge in [-0.25, -0.2) is 4.79 Å². The first-order valence-corrected chi connectivity index (χ1v) is 7.50. The Morgan fingerprint density at radius 1 is 1.18 bits per heavy atom. The number of H-pyrrole nitrogens is 1. The van der Waals surface area contributed by atoms with Crippen molar-refractivity contribution in [2.75, 3.05) is 11.9 Å². The summed E-state index contributed by atoms with van der Waals surface area (Å²) in [7, 11) is 0. The molecule has 114 valence electrons. The van der Waals surface area contributed by atoms with E-state index in [1.165, 1.54) is 0 Å². The summed E-state index contributed by atoms with van der Waals surface area (Å²) < 4.78 is 0. The second-order valence-electron chi connectivity index (χ2n) is 5.08. The summed E-state index contributed by atoms with van der Waals surface area (Å²) in [5, 5.41) is 3.62. The van der Waals surface area contributed by atoms with Crippen LogP contribution in [-0.4, -0.2) is 22.5 Å². The van der Waals surface area contributed by atoms with E-state index in [2.05, 4.69) is 10.3 Å². The molecule has 0 radical (unpaired) electrons. The molecule has 0 aliphatic carbocycles. The van der Waals surface area contributed by atoms with E-state index in [-0.39, 0.29) is 11.6 Å². The van der Waals surface area contributed by atoms with Gasteiger partial charge in [0.25, 0.3) is 0 Å². The van der Waals surface area contributed by atoms with Gasteiger partial charge in [-0.15, -0.1) is 0 Å². The van der Waals surface area contributed by atoms with Crippen LogP contribution >= 0.6 is 23.2 Å². The summed E-state index contributed by atoms with van der Waals surface area (Å²) in [5.41, 5.74) is 2.41. The van der Waals surface area contributed by atoms with Crippen LogP contribution in [0.4, 0.5) is 10.5 Å². The predicted octanol–water partition coefficient (Wildman–Crippen LogP) is 3.27. The second kappa shape index (κ2) is 6.02. The van der Waals surface area contributed by atoms with Gasteiger partial charge < -0.3 is 15.2 Å². The van der Waals surface area contributed by atoms with Crippen molar-refractivity contribution >= 4 is 34.9 Å².